The van der Waals surface area contributed by atoms with Crippen molar-refractivity contribution in [3.8, 4) is 0 Å². The average Bonchev–Trinajstić information content (AvgIpc) is 2.83. The highest BCUT2D eigenvalue weighted by atomic mass is 16.5. The Balaban J connectivity index is 1.68. The van der Waals surface area contributed by atoms with Gasteiger partial charge in [0.1, 0.15) is 0 Å². The van der Waals surface area contributed by atoms with Gasteiger partial charge in [0.15, 0.2) is 5.96 Å². The van der Waals surface area contributed by atoms with Gasteiger partial charge in [-0.3, -0.25) is 9.79 Å². The van der Waals surface area contributed by atoms with Crippen LogP contribution in [0.1, 0.15) is 46.8 Å². The maximum absolute atomic E-state index is 11.9. The molecule has 0 aliphatic carbocycles. The summed E-state index contributed by atoms with van der Waals surface area (Å²) in [5.74, 6) is 0.766. The van der Waals surface area contributed by atoms with E-state index in [-0.39, 0.29) is 11.3 Å². The maximum atomic E-state index is 11.9. The molecule has 1 aliphatic heterocycles. The van der Waals surface area contributed by atoms with Gasteiger partial charge in [0.05, 0.1) is 6.54 Å². The minimum atomic E-state index is -0.0623. The zero-order valence-electron chi connectivity index (χ0n) is 19.5. The summed E-state index contributed by atoms with van der Waals surface area (Å²) in [5, 5.41) is 9.51. The lowest BCUT2D eigenvalue weighted by Crippen LogP contribution is -2.42. The van der Waals surface area contributed by atoms with Crippen molar-refractivity contribution in [1.29, 1.82) is 0 Å². The SMILES string of the molecule is CCNC(=NCC1(c2ccccc2C)CCOCC1)NCCc1cccc(C(=O)NC)c1. The lowest BCUT2D eigenvalue weighted by atomic mass is 9.72. The van der Waals surface area contributed by atoms with Crippen LogP contribution in [0.15, 0.2) is 53.5 Å². The second-order valence-electron chi connectivity index (χ2n) is 8.36. The van der Waals surface area contributed by atoms with Crippen LogP contribution >= 0.6 is 0 Å². The lowest BCUT2D eigenvalue weighted by Gasteiger charge is -2.37. The van der Waals surface area contributed by atoms with Crippen molar-refractivity contribution in [2.75, 3.05) is 39.9 Å². The van der Waals surface area contributed by atoms with Gasteiger partial charge in [0.25, 0.3) is 5.91 Å². The van der Waals surface area contributed by atoms with Crippen LogP contribution in [0.4, 0.5) is 0 Å². The number of carbonyl (C=O) groups is 1. The molecule has 1 heterocycles. The van der Waals surface area contributed by atoms with Gasteiger partial charge in [0, 0.05) is 44.3 Å². The smallest absolute Gasteiger partial charge is 0.251 e. The van der Waals surface area contributed by atoms with Crippen molar-refractivity contribution in [2.24, 2.45) is 4.99 Å². The molecule has 0 unspecified atom stereocenters. The van der Waals surface area contributed by atoms with Gasteiger partial charge in [-0.1, -0.05) is 36.4 Å². The number of guanidine groups is 1. The van der Waals surface area contributed by atoms with Crippen LogP contribution in [0, 0.1) is 6.92 Å². The van der Waals surface area contributed by atoms with Gasteiger partial charge < -0.3 is 20.7 Å². The first-order chi connectivity index (χ1) is 15.6. The van der Waals surface area contributed by atoms with Crippen LogP contribution in [0.5, 0.6) is 0 Å². The highest BCUT2D eigenvalue weighted by Gasteiger charge is 2.35. The molecule has 0 bridgehead atoms. The first-order valence-electron chi connectivity index (χ1n) is 11.5. The molecule has 2 aromatic rings. The monoisotopic (exact) mass is 436 g/mol. The summed E-state index contributed by atoms with van der Waals surface area (Å²) >= 11 is 0. The number of hydrogen-bond donors (Lipinski definition) is 3. The molecule has 0 spiro atoms. The van der Waals surface area contributed by atoms with Crippen LogP contribution in [0.3, 0.4) is 0 Å². The van der Waals surface area contributed by atoms with Crippen molar-refractivity contribution in [3.63, 3.8) is 0 Å². The zero-order chi connectivity index (χ0) is 22.8. The van der Waals surface area contributed by atoms with Gasteiger partial charge >= 0.3 is 0 Å². The molecule has 1 amide bonds. The molecular weight excluding hydrogens is 400 g/mol. The van der Waals surface area contributed by atoms with Crippen LogP contribution < -0.4 is 16.0 Å². The maximum Gasteiger partial charge on any atom is 0.251 e. The van der Waals surface area contributed by atoms with E-state index in [1.165, 1.54) is 11.1 Å². The fraction of sp³-hybridized carbons (Fsp3) is 0.462. The molecule has 0 radical (unpaired) electrons. The Labute approximate surface area is 191 Å². The van der Waals surface area contributed by atoms with Crippen molar-refractivity contribution in [1.82, 2.24) is 16.0 Å². The van der Waals surface area contributed by atoms with E-state index >= 15 is 0 Å². The molecule has 1 saturated heterocycles. The first kappa shape index (κ1) is 23.8. The van der Waals surface area contributed by atoms with E-state index in [1.54, 1.807) is 7.05 Å². The largest absolute Gasteiger partial charge is 0.381 e. The van der Waals surface area contributed by atoms with E-state index in [2.05, 4.69) is 54.1 Å². The first-order valence-corrected chi connectivity index (χ1v) is 11.5. The van der Waals surface area contributed by atoms with Crippen molar-refractivity contribution >= 4 is 11.9 Å². The van der Waals surface area contributed by atoms with E-state index in [0.29, 0.717) is 5.56 Å². The fourth-order valence-electron chi connectivity index (χ4n) is 4.35. The van der Waals surface area contributed by atoms with E-state index < -0.39 is 0 Å². The number of carbonyl (C=O) groups excluding carboxylic acids is 1. The predicted molar refractivity (Wildman–Crippen MR) is 130 cm³/mol. The van der Waals surface area contributed by atoms with Crippen LogP contribution in [0.2, 0.25) is 0 Å². The van der Waals surface area contributed by atoms with Crippen LogP contribution in [-0.2, 0) is 16.6 Å². The second-order valence-corrected chi connectivity index (χ2v) is 8.36. The Bertz CT molecular complexity index is 920. The molecule has 6 nitrogen and oxygen atoms in total. The second kappa shape index (κ2) is 11.7. The standard InChI is InChI=1S/C26H36N4O2/c1-4-28-25(29-15-12-21-9-7-10-22(18-21)24(31)27-3)30-19-26(13-16-32-17-14-26)23-11-6-5-8-20(23)2/h5-11,18H,4,12-17,19H2,1-3H3,(H,27,31)(H2,28,29,30). The Morgan fingerprint density at radius 1 is 1.09 bits per heavy atom. The predicted octanol–water partition coefficient (Wildman–Crippen LogP) is 3.20. The number of hydrogen-bond acceptors (Lipinski definition) is 3. The Morgan fingerprint density at radius 3 is 2.59 bits per heavy atom. The number of ether oxygens (including phenoxy) is 1. The summed E-state index contributed by atoms with van der Waals surface area (Å²) < 4.78 is 5.68. The number of rotatable bonds is 8. The quantitative estimate of drug-likeness (QED) is 0.439. The minimum absolute atomic E-state index is 0.00773. The molecule has 6 heteroatoms. The van der Waals surface area contributed by atoms with Crippen molar-refractivity contribution in [2.45, 2.75) is 38.5 Å². The average molecular weight is 437 g/mol. The molecule has 1 fully saturated rings. The number of amides is 1. The number of nitrogens with zero attached hydrogens (tertiary/aromatic N) is 1. The van der Waals surface area contributed by atoms with Gasteiger partial charge in [-0.15, -0.1) is 0 Å². The normalized spacial score (nSPS) is 15.8. The molecular formula is C26H36N4O2. The molecule has 1 aliphatic rings. The lowest BCUT2D eigenvalue weighted by molar-refractivity contribution is 0.0529. The number of benzene rings is 2. The van der Waals surface area contributed by atoms with Gasteiger partial charge in [-0.2, -0.15) is 0 Å². The molecule has 3 N–H and O–H groups in total. The summed E-state index contributed by atoms with van der Waals surface area (Å²) in [6, 6.07) is 16.4. The fourth-order valence-corrected chi connectivity index (χ4v) is 4.35. The summed E-state index contributed by atoms with van der Waals surface area (Å²) in [7, 11) is 1.65. The van der Waals surface area contributed by atoms with Crippen molar-refractivity contribution < 1.29 is 9.53 Å². The third-order valence-corrected chi connectivity index (χ3v) is 6.17. The van der Waals surface area contributed by atoms with Gasteiger partial charge in [-0.25, -0.2) is 0 Å². The van der Waals surface area contributed by atoms with Gasteiger partial charge in [0.2, 0.25) is 0 Å². The van der Waals surface area contributed by atoms with E-state index in [1.807, 2.05) is 24.3 Å². The highest BCUT2D eigenvalue weighted by Crippen LogP contribution is 2.37. The van der Waals surface area contributed by atoms with E-state index in [9.17, 15) is 4.79 Å². The zero-order valence-corrected chi connectivity index (χ0v) is 19.5. The molecule has 3 rings (SSSR count). The minimum Gasteiger partial charge on any atom is -0.381 e. The van der Waals surface area contributed by atoms with E-state index in [4.69, 9.17) is 9.73 Å². The molecule has 0 saturated carbocycles. The number of nitrogens with one attached hydrogen (secondary N) is 3. The Hall–Kier alpha value is -2.86. The third kappa shape index (κ3) is 6.10. The molecule has 32 heavy (non-hydrogen) atoms. The van der Waals surface area contributed by atoms with Crippen molar-refractivity contribution in [3.05, 3.63) is 70.8 Å². The molecule has 2 aromatic carbocycles. The van der Waals surface area contributed by atoms with Gasteiger partial charge in [-0.05, 0) is 61.9 Å². The molecule has 0 aromatic heterocycles. The number of aryl methyl sites for hydroxylation is 1. The Morgan fingerprint density at radius 2 is 1.88 bits per heavy atom. The summed E-state index contributed by atoms with van der Waals surface area (Å²) in [6.07, 6.45) is 2.77. The molecule has 0 atom stereocenters. The summed E-state index contributed by atoms with van der Waals surface area (Å²) in [4.78, 5) is 16.9. The topological polar surface area (TPSA) is 74.8 Å². The third-order valence-electron chi connectivity index (χ3n) is 6.17. The van der Waals surface area contributed by atoms with E-state index in [0.717, 1.165) is 63.6 Å². The molecule has 172 valence electrons. The Kier molecular flexibility index (Phi) is 8.68. The van der Waals surface area contributed by atoms with Crippen LogP contribution in [0.25, 0.3) is 0 Å². The summed E-state index contributed by atoms with van der Waals surface area (Å²) in [5.41, 5.74) is 4.52. The highest BCUT2D eigenvalue weighted by molar-refractivity contribution is 5.94. The summed E-state index contributed by atoms with van der Waals surface area (Å²) in [6.45, 7) is 8.08. The van der Waals surface area contributed by atoms with Crippen LogP contribution in [-0.4, -0.2) is 51.8 Å². The number of aliphatic imine (C=N–C) groups is 1.